The second kappa shape index (κ2) is 3.37. The van der Waals surface area contributed by atoms with Crippen LogP contribution in [0.3, 0.4) is 0 Å². The Hall–Kier alpha value is -0.0400. The first-order chi connectivity index (χ1) is 5.42. The Morgan fingerprint density at radius 1 is 1.42 bits per heavy atom. The van der Waals surface area contributed by atoms with Crippen molar-refractivity contribution in [2.24, 2.45) is 17.8 Å². The van der Waals surface area contributed by atoms with E-state index in [0.717, 1.165) is 24.7 Å². The van der Waals surface area contributed by atoms with Gasteiger partial charge >= 0.3 is 0 Å². The predicted octanol–water partition coefficient (Wildman–Crippen LogP) is 2.83. The molecule has 1 fully saturated rings. The van der Waals surface area contributed by atoms with Crippen molar-refractivity contribution in [3.8, 4) is 0 Å². The normalized spacial score (nSPS) is 43.5. The van der Waals surface area contributed by atoms with Gasteiger partial charge in [-0.05, 0) is 43.9 Å². The maximum Gasteiger partial charge on any atom is 0.0622 e. The van der Waals surface area contributed by atoms with E-state index in [0.29, 0.717) is 5.92 Å². The molecular weight excluding hydrogens is 148 g/mol. The molecule has 72 valence electrons. The molecule has 1 saturated carbocycles. The number of hydrogen-bond donors (Lipinski definition) is 1. The number of aliphatic hydroxyl groups is 1. The first-order valence-electron chi connectivity index (χ1n) is 5.15. The molecular formula is C11H22O. The molecule has 3 atom stereocenters. The van der Waals surface area contributed by atoms with Gasteiger partial charge in [-0.2, -0.15) is 0 Å². The van der Waals surface area contributed by atoms with Gasteiger partial charge in [-0.1, -0.05) is 20.8 Å². The van der Waals surface area contributed by atoms with E-state index >= 15 is 0 Å². The van der Waals surface area contributed by atoms with Gasteiger partial charge in [0.2, 0.25) is 0 Å². The van der Waals surface area contributed by atoms with Crippen molar-refractivity contribution in [1.82, 2.24) is 0 Å². The number of hydrogen-bond acceptors (Lipinski definition) is 1. The molecule has 0 aromatic rings. The smallest absolute Gasteiger partial charge is 0.0622 e. The fourth-order valence-electron chi connectivity index (χ4n) is 2.70. The van der Waals surface area contributed by atoms with E-state index in [2.05, 4.69) is 20.8 Å². The lowest BCUT2D eigenvalue weighted by Crippen LogP contribution is -2.37. The molecule has 0 bridgehead atoms. The SMILES string of the molecule is CC(C)C1CCC(C)(O)CC1C. The molecule has 0 radical (unpaired) electrons. The molecule has 12 heavy (non-hydrogen) atoms. The lowest BCUT2D eigenvalue weighted by atomic mass is 9.69. The van der Waals surface area contributed by atoms with Crippen LogP contribution >= 0.6 is 0 Å². The summed E-state index contributed by atoms with van der Waals surface area (Å²) in [5.41, 5.74) is -0.384. The molecule has 1 N–H and O–H groups in total. The van der Waals surface area contributed by atoms with Crippen LogP contribution in [0.25, 0.3) is 0 Å². The highest BCUT2D eigenvalue weighted by atomic mass is 16.3. The third-order valence-corrected chi connectivity index (χ3v) is 3.37. The summed E-state index contributed by atoms with van der Waals surface area (Å²) in [7, 11) is 0. The zero-order chi connectivity index (χ0) is 9.35. The second-order valence-corrected chi connectivity index (χ2v) is 5.12. The highest BCUT2D eigenvalue weighted by molar-refractivity contribution is 4.86. The molecule has 0 saturated heterocycles. The maximum absolute atomic E-state index is 9.84. The second-order valence-electron chi connectivity index (χ2n) is 5.12. The molecule has 1 aliphatic rings. The van der Waals surface area contributed by atoms with Gasteiger partial charge in [0.15, 0.2) is 0 Å². The number of rotatable bonds is 1. The summed E-state index contributed by atoms with van der Waals surface area (Å²) in [5, 5.41) is 9.84. The Morgan fingerprint density at radius 2 is 2.00 bits per heavy atom. The highest BCUT2D eigenvalue weighted by Crippen LogP contribution is 2.39. The van der Waals surface area contributed by atoms with Crippen molar-refractivity contribution in [2.45, 2.75) is 52.6 Å². The molecule has 0 aromatic carbocycles. The van der Waals surface area contributed by atoms with Crippen molar-refractivity contribution in [3.05, 3.63) is 0 Å². The van der Waals surface area contributed by atoms with Crippen LogP contribution in [0, 0.1) is 17.8 Å². The van der Waals surface area contributed by atoms with Crippen LogP contribution in [-0.2, 0) is 0 Å². The van der Waals surface area contributed by atoms with Gasteiger partial charge in [0.1, 0.15) is 0 Å². The fraction of sp³-hybridized carbons (Fsp3) is 1.00. The fourth-order valence-corrected chi connectivity index (χ4v) is 2.70. The van der Waals surface area contributed by atoms with Crippen molar-refractivity contribution in [2.75, 3.05) is 0 Å². The van der Waals surface area contributed by atoms with Crippen LogP contribution in [0.2, 0.25) is 0 Å². The Bertz CT molecular complexity index is 149. The minimum Gasteiger partial charge on any atom is -0.390 e. The first kappa shape index (κ1) is 10.0. The summed E-state index contributed by atoms with van der Waals surface area (Å²) < 4.78 is 0. The summed E-state index contributed by atoms with van der Waals surface area (Å²) in [5.74, 6) is 2.29. The largest absolute Gasteiger partial charge is 0.390 e. The van der Waals surface area contributed by atoms with Gasteiger partial charge in [-0.15, -0.1) is 0 Å². The Kier molecular flexibility index (Phi) is 2.82. The minimum atomic E-state index is -0.384. The average Bonchev–Trinajstić information content (AvgIpc) is 1.83. The van der Waals surface area contributed by atoms with Gasteiger partial charge in [0.05, 0.1) is 5.60 Å². The predicted molar refractivity (Wildman–Crippen MR) is 52.0 cm³/mol. The zero-order valence-electron chi connectivity index (χ0n) is 8.80. The minimum absolute atomic E-state index is 0.384. The van der Waals surface area contributed by atoms with E-state index in [9.17, 15) is 5.11 Å². The quantitative estimate of drug-likeness (QED) is 0.641. The van der Waals surface area contributed by atoms with Gasteiger partial charge < -0.3 is 5.11 Å². The molecule has 0 spiro atoms. The highest BCUT2D eigenvalue weighted by Gasteiger charge is 2.34. The lowest BCUT2D eigenvalue weighted by molar-refractivity contribution is -0.0241. The van der Waals surface area contributed by atoms with Gasteiger partial charge in [-0.3, -0.25) is 0 Å². The van der Waals surface area contributed by atoms with E-state index in [1.54, 1.807) is 0 Å². The Morgan fingerprint density at radius 3 is 2.42 bits per heavy atom. The third kappa shape index (κ3) is 2.22. The first-order valence-corrected chi connectivity index (χ1v) is 5.15. The molecule has 1 rings (SSSR count). The Balaban J connectivity index is 2.54. The summed E-state index contributed by atoms with van der Waals surface area (Å²) in [6.07, 6.45) is 3.17. The van der Waals surface area contributed by atoms with Gasteiger partial charge in [0.25, 0.3) is 0 Å². The third-order valence-electron chi connectivity index (χ3n) is 3.37. The lowest BCUT2D eigenvalue weighted by Gasteiger charge is -2.40. The molecule has 1 nitrogen and oxygen atoms in total. The van der Waals surface area contributed by atoms with Crippen LogP contribution in [0.4, 0.5) is 0 Å². The summed E-state index contributed by atoms with van der Waals surface area (Å²) in [6, 6.07) is 0. The molecule has 1 aliphatic carbocycles. The van der Waals surface area contributed by atoms with E-state index < -0.39 is 0 Å². The van der Waals surface area contributed by atoms with Crippen molar-refractivity contribution in [1.29, 1.82) is 0 Å². The van der Waals surface area contributed by atoms with Crippen LogP contribution < -0.4 is 0 Å². The molecule has 0 heterocycles. The zero-order valence-corrected chi connectivity index (χ0v) is 8.80. The summed E-state index contributed by atoms with van der Waals surface area (Å²) in [6.45, 7) is 8.83. The van der Waals surface area contributed by atoms with Crippen LogP contribution in [0.15, 0.2) is 0 Å². The van der Waals surface area contributed by atoms with Crippen molar-refractivity contribution < 1.29 is 5.11 Å². The Labute approximate surface area is 76.2 Å². The van der Waals surface area contributed by atoms with Gasteiger partial charge in [0, 0.05) is 0 Å². The van der Waals surface area contributed by atoms with Gasteiger partial charge in [-0.25, -0.2) is 0 Å². The van der Waals surface area contributed by atoms with Crippen molar-refractivity contribution >= 4 is 0 Å². The van der Waals surface area contributed by atoms with E-state index in [-0.39, 0.29) is 5.60 Å². The standard InChI is InChI=1S/C11H22O/c1-8(2)10-5-6-11(4,12)7-9(10)3/h8-10,12H,5-7H2,1-4H3. The maximum atomic E-state index is 9.84. The molecule has 3 unspecified atom stereocenters. The summed E-state index contributed by atoms with van der Waals surface area (Å²) >= 11 is 0. The summed E-state index contributed by atoms with van der Waals surface area (Å²) in [4.78, 5) is 0. The molecule has 0 amide bonds. The van der Waals surface area contributed by atoms with E-state index in [1.807, 2.05) is 6.92 Å². The molecule has 0 aliphatic heterocycles. The monoisotopic (exact) mass is 170 g/mol. The van der Waals surface area contributed by atoms with E-state index in [4.69, 9.17) is 0 Å². The van der Waals surface area contributed by atoms with Crippen LogP contribution in [0.5, 0.6) is 0 Å². The van der Waals surface area contributed by atoms with Crippen LogP contribution in [-0.4, -0.2) is 10.7 Å². The van der Waals surface area contributed by atoms with E-state index in [1.165, 1.54) is 6.42 Å². The van der Waals surface area contributed by atoms with Crippen molar-refractivity contribution in [3.63, 3.8) is 0 Å². The molecule has 0 aromatic heterocycles. The topological polar surface area (TPSA) is 20.2 Å². The molecule has 1 heteroatoms. The van der Waals surface area contributed by atoms with Crippen LogP contribution in [0.1, 0.15) is 47.0 Å². The average molecular weight is 170 g/mol.